The lowest BCUT2D eigenvalue weighted by Gasteiger charge is -2.10. The second kappa shape index (κ2) is 7.85. The largest absolute Gasteiger partial charge is 0.435 e. The van der Waals surface area contributed by atoms with Crippen LogP contribution in [0.15, 0.2) is 47.6 Å². The summed E-state index contributed by atoms with van der Waals surface area (Å²) >= 11 is 0. The maximum atomic E-state index is 12.2. The van der Waals surface area contributed by atoms with Crippen LogP contribution >= 0.6 is 0 Å². The van der Waals surface area contributed by atoms with E-state index in [1.165, 1.54) is 12.0 Å². The Morgan fingerprint density at radius 2 is 2.05 bits per heavy atom. The number of hydrogen-bond acceptors (Lipinski definition) is 3. The SMILES string of the molecule is C=CCOCOC(=O)/C(=C\C1=CCCC1)C1=CCCC1. The first-order chi connectivity index (χ1) is 9.81. The molecule has 0 bridgehead atoms. The van der Waals surface area contributed by atoms with E-state index in [9.17, 15) is 4.79 Å². The van der Waals surface area contributed by atoms with Crippen LogP contribution in [0.2, 0.25) is 0 Å². The normalized spacial score (nSPS) is 18.7. The summed E-state index contributed by atoms with van der Waals surface area (Å²) in [5.74, 6) is -0.282. The van der Waals surface area contributed by atoms with Crippen molar-refractivity contribution >= 4 is 5.97 Å². The molecule has 0 aliphatic heterocycles. The molecule has 0 radical (unpaired) electrons. The molecule has 0 aromatic carbocycles. The van der Waals surface area contributed by atoms with Crippen molar-refractivity contribution in [3.8, 4) is 0 Å². The Balaban J connectivity index is 2.02. The van der Waals surface area contributed by atoms with Crippen molar-refractivity contribution in [3.05, 3.63) is 47.6 Å². The highest BCUT2D eigenvalue weighted by atomic mass is 16.7. The van der Waals surface area contributed by atoms with Crippen molar-refractivity contribution in [1.82, 2.24) is 0 Å². The van der Waals surface area contributed by atoms with Crippen molar-refractivity contribution in [2.75, 3.05) is 13.4 Å². The first-order valence-electron chi connectivity index (χ1n) is 7.27. The maximum absolute atomic E-state index is 12.2. The van der Waals surface area contributed by atoms with Gasteiger partial charge in [0, 0.05) is 0 Å². The summed E-state index contributed by atoms with van der Waals surface area (Å²) in [6.45, 7) is 3.92. The van der Waals surface area contributed by atoms with Crippen molar-refractivity contribution in [3.63, 3.8) is 0 Å². The van der Waals surface area contributed by atoms with Crippen molar-refractivity contribution in [1.29, 1.82) is 0 Å². The van der Waals surface area contributed by atoms with Crippen LogP contribution in [0.25, 0.3) is 0 Å². The van der Waals surface area contributed by atoms with Crippen molar-refractivity contribution in [2.45, 2.75) is 38.5 Å². The Bertz CT molecular complexity index is 455. The van der Waals surface area contributed by atoms with Gasteiger partial charge >= 0.3 is 5.97 Å². The van der Waals surface area contributed by atoms with Crippen molar-refractivity contribution in [2.24, 2.45) is 0 Å². The summed E-state index contributed by atoms with van der Waals surface area (Å²) in [7, 11) is 0. The van der Waals surface area contributed by atoms with Crippen LogP contribution in [0.5, 0.6) is 0 Å². The molecule has 0 aromatic rings. The van der Waals surface area contributed by atoms with Gasteiger partial charge in [0.15, 0.2) is 6.79 Å². The fourth-order valence-corrected chi connectivity index (χ4v) is 2.51. The lowest BCUT2D eigenvalue weighted by molar-refractivity contribution is -0.150. The standard InChI is InChI=1S/C17H22O3/c1-2-11-19-13-20-17(18)16(15-9-5-6-10-15)12-14-7-3-4-8-14/h2,7,9,12H,1,3-6,8,10-11,13H2/b16-12-. The number of esters is 1. The molecule has 0 unspecified atom stereocenters. The third kappa shape index (κ3) is 4.20. The molecule has 0 fully saturated rings. The smallest absolute Gasteiger partial charge is 0.340 e. The van der Waals surface area contributed by atoms with E-state index in [0.717, 1.165) is 37.7 Å². The van der Waals surface area contributed by atoms with Crippen LogP contribution in [0.1, 0.15) is 38.5 Å². The lowest BCUT2D eigenvalue weighted by atomic mass is 10.0. The van der Waals surface area contributed by atoms with E-state index in [4.69, 9.17) is 9.47 Å². The van der Waals surface area contributed by atoms with Gasteiger partial charge in [0.1, 0.15) is 0 Å². The van der Waals surface area contributed by atoms with E-state index in [1.54, 1.807) is 6.08 Å². The van der Waals surface area contributed by atoms with E-state index in [0.29, 0.717) is 12.2 Å². The Labute approximate surface area is 120 Å². The minimum atomic E-state index is -0.282. The van der Waals surface area contributed by atoms with Crippen LogP contribution < -0.4 is 0 Å². The van der Waals surface area contributed by atoms with Crippen LogP contribution in [0.4, 0.5) is 0 Å². The number of ether oxygens (including phenoxy) is 2. The molecule has 0 saturated heterocycles. The minimum absolute atomic E-state index is 0.0193. The quantitative estimate of drug-likeness (QED) is 0.233. The molecule has 2 aliphatic carbocycles. The molecule has 0 heterocycles. The summed E-state index contributed by atoms with van der Waals surface area (Å²) in [4.78, 5) is 12.2. The van der Waals surface area contributed by atoms with E-state index < -0.39 is 0 Å². The average molecular weight is 274 g/mol. The maximum Gasteiger partial charge on any atom is 0.340 e. The van der Waals surface area contributed by atoms with Gasteiger partial charge in [-0.15, -0.1) is 6.58 Å². The summed E-state index contributed by atoms with van der Waals surface area (Å²) < 4.78 is 10.3. The zero-order valence-electron chi connectivity index (χ0n) is 11.9. The molecule has 20 heavy (non-hydrogen) atoms. The van der Waals surface area contributed by atoms with Crippen LogP contribution in [-0.4, -0.2) is 19.4 Å². The molecule has 0 amide bonds. The molecule has 2 rings (SSSR count). The van der Waals surface area contributed by atoms with Crippen LogP contribution in [-0.2, 0) is 14.3 Å². The number of carbonyl (C=O) groups is 1. The predicted molar refractivity (Wildman–Crippen MR) is 79.1 cm³/mol. The summed E-state index contributed by atoms with van der Waals surface area (Å²) in [5.41, 5.74) is 3.07. The van der Waals surface area contributed by atoms with Gasteiger partial charge in [-0.1, -0.05) is 23.8 Å². The Morgan fingerprint density at radius 3 is 2.70 bits per heavy atom. The number of carbonyl (C=O) groups excluding carboxylic acids is 1. The first-order valence-corrected chi connectivity index (χ1v) is 7.27. The first kappa shape index (κ1) is 14.8. The third-order valence-corrected chi connectivity index (χ3v) is 3.52. The fourth-order valence-electron chi connectivity index (χ4n) is 2.51. The lowest BCUT2D eigenvalue weighted by Crippen LogP contribution is -2.12. The topological polar surface area (TPSA) is 35.5 Å². The van der Waals surface area contributed by atoms with Crippen LogP contribution in [0, 0.1) is 0 Å². The van der Waals surface area contributed by atoms with Crippen molar-refractivity contribution < 1.29 is 14.3 Å². The zero-order valence-corrected chi connectivity index (χ0v) is 11.9. The van der Waals surface area contributed by atoms with E-state index in [-0.39, 0.29) is 12.8 Å². The van der Waals surface area contributed by atoms with Gasteiger partial charge in [0.2, 0.25) is 0 Å². The predicted octanol–water partition coefficient (Wildman–Crippen LogP) is 3.84. The fraction of sp³-hybridized carbons (Fsp3) is 0.471. The van der Waals surface area contributed by atoms with Gasteiger partial charge in [-0.05, 0) is 50.2 Å². The van der Waals surface area contributed by atoms with E-state index >= 15 is 0 Å². The van der Waals surface area contributed by atoms with Gasteiger partial charge in [0.05, 0.1) is 12.2 Å². The second-order valence-electron chi connectivity index (χ2n) is 5.06. The minimum Gasteiger partial charge on any atom is -0.435 e. The second-order valence-corrected chi connectivity index (χ2v) is 5.06. The number of hydrogen-bond donors (Lipinski definition) is 0. The monoisotopic (exact) mass is 274 g/mol. The Kier molecular flexibility index (Phi) is 5.81. The van der Waals surface area contributed by atoms with Gasteiger partial charge in [-0.25, -0.2) is 4.79 Å². The Morgan fingerprint density at radius 1 is 1.25 bits per heavy atom. The van der Waals surface area contributed by atoms with Gasteiger partial charge in [-0.2, -0.15) is 0 Å². The van der Waals surface area contributed by atoms with E-state index in [1.807, 2.05) is 6.08 Å². The Hall–Kier alpha value is -1.61. The molecule has 0 aromatic heterocycles. The van der Waals surface area contributed by atoms with Crippen LogP contribution in [0.3, 0.4) is 0 Å². The highest BCUT2D eigenvalue weighted by Gasteiger charge is 2.19. The molecular formula is C17H22O3. The van der Waals surface area contributed by atoms with Gasteiger partial charge in [-0.3, -0.25) is 0 Å². The summed E-state index contributed by atoms with van der Waals surface area (Å²) in [6.07, 6.45) is 14.4. The number of rotatable bonds is 7. The summed E-state index contributed by atoms with van der Waals surface area (Å²) in [5, 5.41) is 0. The van der Waals surface area contributed by atoms with E-state index in [2.05, 4.69) is 18.7 Å². The highest BCUT2D eigenvalue weighted by molar-refractivity contribution is 5.94. The molecule has 0 saturated carbocycles. The van der Waals surface area contributed by atoms with Gasteiger partial charge in [0.25, 0.3) is 0 Å². The number of allylic oxidation sites excluding steroid dienone is 4. The molecule has 0 N–H and O–H groups in total. The molecular weight excluding hydrogens is 252 g/mol. The molecule has 3 heteroatoms. The molecule has 0 atom stereocenters. The molecule has 2 aliphatic rings. The molecule has 3 nitrogen and oxygen atoms in total. The summed E-state index contributed by atoms with van der Waals surface area (Å²) in [6, 6.07) is 0. The highest BCUT2D eigenvalue weighted by Crippen LogP contribution is 2.29. The zero-order chi connectivity index (χ0) is 14.2. The van der Waals surface area contributed by atoms with Gasteiger partial charge < -0.3 is 9.47 Å². The third-order valence-electron chi connectivity index (χ3n) is 3.52. The molecule has 0 spiro atoms. The average Bonchev–Trinajstić information content (AvgIpc) is 3.13. The molecule has 108 valence electrons.